The molecule has 2 atom stereocenters. The predicted molar refractivity (Wildman–Crippen MR) is 76.7 cm³/mol. The van der Waals surface area contributed by atoms with Gasteiger partial charge >= 0.3 is 0 Å². The summed E-state index contributed by atoms with van der Waals surface area (Å²) in [5, 5.41) is 6.13. The van der Waals surface area contributed by atoms with E-state index in [-0.39, 0.29) is 18.1 Å². The van der Waals surface area contributed by atoms with Crippen LogP contribution >= 0.6 is 0 Å². The Morgan fingerprint density at radius 1 is 1.50 bits per heavy atom. The fraction of sp³-hybridized carbons (Fsp3) is 0.643. The van der Waals surface area contributed by atoms with Gasteiger partial charge < -0.3 is 15.4 Å². The van der Waals surface area contributed by atoms with Crippen molar-refractivity contribution in [1.29, 1.82) is 0 Å². The van der Waals surface area contributed by atoms with Crippen LogP contribution < -0.4 is 10.6 Å². The molecular weight excluding hydrogens is 256 g/mol. The number of amides is 1. The first-order valence-corrected chi connectivity index (χ1v) is 7.17. The van der Waals surface area contributed by atoms with E-state index < -0.39 is 0 Å². The summed E-state index contributed by atoms with van der Waals surface area (Å²) in [6, 6.07) is 0.153. The molecule has 1 amide bonds. The summed E-state index contributed by atoms with van der Waals surface area (Å²) in [6.07, 6.45) is 6.00. The lowest BCUT2D eigenvalue weighted by atomic mass is 10.0. The van der Waals surface area contributed by atoms with Crippen molar-refractivity contribution in [2.45, 2.75) is 45.3 Å². The normalized spacial score (nSPS) is 22.3. The number of nitrogens with one attached hydrogen (secondary N) is 2. The summed E-state index contributed by atoms with van der Waals surface area (Å²) in [5.41, 5.74) is 0.352. The zero-order chi connectivity index (χ0) is 14.4. The summed E-state index contributed by atoms with van der Waals surface area (Å²) in [7, 11) is 0. The minimum atomic E-state index is -0.170. The van der Waals surface area contributed by atoms with Gasteiger partial charge in [-0.05, 0) is 26.2 Å². The van der Waals surface area contributed by atoms with E-state index in [0.29, 0.717) is 18.1 Å². The Hall–Kier alpha value is -1.69. The Labute approximate surface area is 119 Å². The van der Waals surface area contributed by atoms with Gasteiger partial charge in [-0.15, -0.1) is 0 Å². The molecule has 1 fully saturated rings. The Morgan fingerprint density at radius 3 is 3.10 bits per heavy atom. The van der Waals surface area contributed by atoms with Gasteiger partial charge in [0.05, 0.1) is 18.5 Å². The van der Waals surface area contributed by atoms with Crippen molar-refractivity contribution in [2.24, 2.45) is 0 Å². The van der Waals surface area contributed by atoms with Gasteiger partial charge in [0.1, 0.15) is 11.5 Å². The number of ether oxygens (including phenoxy) is 1. The minimum absolute atomic E-state index is 0.153. The van der Waals surface area contributed by atoms with Crippen LogP contribution in [0.1, 0.15) is 43.6 Å². The average molecular weight is 278 g/mol. The lowest BCUT2D eigenvalue weighted by molar-refractivity contribution is 0.0136. The molecule has 6 nitrogen and oxygen atoms in total. The summed E-state index contributed by atoms with van der Waals surface area (Å²) in [4.78, 5) is 20.5. The van der Waals surface area contributed by atoms with Gasteiger partial charge in [0.2, 0.25) is 0 Å². The van der Waals surface area contributed by atoms with Crippen LogP contribution in [0.3, 0.4) is 0 Å². The Kier molecular flexibility index (Phi) is 5.29. The maximum atomic E-state index is 12.2. The van der Waals surface area contributed by atoms with Gasteiger partial charge in [-0.25, -0.2) is 4.98 Å². The van der Waals surface area contributed by atoms with Gasteiger partial charge in [0.25, 0.3) is 5.91 Å². The second kappa shape index (κ2) is 7.19. The van der Waals surface area contributed by atoms with E-state index in [1.807, 2.05) is 6.92 Å². The molecule has 0 saturated carbocycles. The van der Waals surface area contributed by atoms with Gasteiger partial charge in [-0.1, -0.05) is 6.92 Å². The Balaban J connectivity index is 1.94. The number of hydrogen-bond acceptors (Lipinski definition) is 5. The molecule has 6 heteroatoms. The van der Waals surface area contributed by atoms with Gasteiger partial charge in [0, 0.05) is 19.2 Å². The fourth-order valence-corrected chi connectivity index (χ4v) is 2.20. The van der Waals surface area contributed by atoms with E-state index in [4.69, 9.17) is 4.74 Å². The molecule has 2 rings (SSSR count). The summed E-state index contributed by atoms with van der Waals surface area (Å²) in [5.74, 6) is 0.469. The fourth-order valence-electron chi connectivity index (χ4n) is 2.20. The SMILES string of the molecule is CCCNc1cncc(C(=O)NC2CCOC(C)C2)n1. The average Bonchev–Trinajstić information content (AvgIpc) is 2.45. The zero-order valence-corrected chi connectivity index (χ0v) is 12.1. The maximum absolute atomic E-state index is 12.2. The monoisotopic (exact) mass is 278 g/mol. The maximum Gasteiger partial charge on any atom is 0.271 e. The molecule has 0 bridgehead atoms. The van der Waals surface area contributed by atoms with Crippen molar-refractivity contribution in [3.63, 3.8) is 0 Å². The topological polar surface area (TPSA) is 76.1 Å². The molecule has 20 heavy (non-hydrogen) atoms. The second-order valence-electron chi connectivity index (χ2n) is 5.09. The highest BCUT2D eigenvalue weighted by Crippen LogP contribution is 2.13. The molecule has 1 saturated heterocycles. The van der Waals surface area contributed by atoms with Crippen molar-refractivity contribution in [2.75, 3.05) is 18.5 Å². The molecule has 110 valence electrons. The summed E-state index contributed by atoms with van der Waals surface area (Å²) >= 11 is 0. The molecule has 2 unspecified atom stereocenters. The van der Waals surface area contributed by atoms with E-state index >= 15 is 0 Å². The van der Waals surface area contributed by atoms with Crippen molar-refractivity contribution in [3.05, 3.63) is 18.1 Å². The molecule has 1 aliphatic rings. The van der Waals surface area contributed by atoms with Crippen LogP contribution in [0.2, 0.25) is 0 Å². The molecule has 1 aliphatic heterocycles. The molecule has 1 aromatic rings. The standard InChI is InChI=1S/C14H22N4O2/c1-3-5-16-13-9-15-8-12(18-13)14(19)17-11-4-6-20-10(2)7-11/h8-11H,3-7H2,1-2H3,(H,16,18)(H,17,19). The van der Waals surface area contributed by atoms with E-state index in [0.717, 1.165) is 25.8 Å². The van der Waals surface area contributed by atoms with Crippen LogP contribution in [-0.4, -0.2) is 41.2 Å². The smallest absolute Gasteiger partial charge is 0.271 e. The summed E-state index contributed by atoms with van der Waals surface area (Å²) in [6.45, 7) is 5.60. The van der Waals surface area contributed by atoms with E-state index in [2.05, 4.69) is 27.5 Å². The third-order valence-corrected chi connectivity index (χ3v) is 3.24. The molecule has 2 heterocycles. The quantitative estimate of drug-likeness (QED) is 0.855. The lowest BCUT2D eigenvalue weighted by Crippen LogP contribution is -2.41. The number of hydrogen-bond donors (Lipinski definition) is 2. The number of aromatic nitrogens is 2. The van der Waals surface area contributed by atoms with Gasteiger partial charge in [0.15, 0.2) is 0 Å². The molecular formula is C14H22N4O2. The van der Waals surface area contributed by atoms with Crippen LogP contribution in [0.15, 0.2) is 12.4 Å². The molecule has 0 spiro atoms. The van der Waals surface area contributed by atoms with Crippen LogP contribution in [0.4, 0.5) is 5.82 Å². The third-order valence-electron chi connectivity index (χ3n) is 3.24. The van der Waals surface area contributed by atoms with E-state index in [1.165, 1.54) is 6.20 Å². The van der Waals surface area contributed by atoms with Crippen molar-refractivity contribution >= 4 is 11.7 Å². The van der Waals surface area contributed by atoms with Crippen LogP contribution in [0.25, 0.3) is 0 Å². The molecule has 0 aliphatic carbocycles. The molecule has 1 aromatic heterocycles. The van der Waals surface area contributed by atoms with Crippen LogP contribution in [-0.2, 0) is 4.74 Å². The molecule has 0 aromatic carbocycles. The number of carbonyl (C=O) groups excluding carboxylic acids is 1. The highest BCUT2D eigenvalue weighted by Gasteiger charge is 2.22. The third kappa shape index (κ3) is 4.16. The van der Waals surface area contributed by atoms with E-state index in [1.54, 1.807) is 6.20 Å². The first-order valence-electron chi connectivity index (χ1n) is 7.17. The Bertz CT molecular complexity index is 453. The first kappa shape index (κ1) is 14.7. The summed E-state index contributed by atoms with van der Waals surface area (Å²) < 4.78 is 5.47. The van der Waals surface area contributed by atoms with Gasteiger partial charge in [-0.3, -0.25) is 9.78 Å². The minimum Gasteiger partial charge on any atom is -0.378 e. The number of carbonyl (C=O) groups is 1. The predicted octanol–water partition coefficient (Wildman–Crippen LogP) is 1.60. The van der Waals surface area contributed by atoms with Crippen LogP contribution in [0, 0.1) is 0 Å². The molecule has 0 radical (unpaired) electrons. The number of rotatable bonds is 5. The van der Waals surface area contributed by atoms with Crippen molar-refractivity contribution < 1.29 is 9.53 Å². The zero-order valence-electron chi connectivity index (χ0n) is 12.1. The highest BCUT2D eigenvalue weighted by molar-refractivity contribution is 5.92. The number of nitrogens with zero attached hydrogens (tertiary/aromatic N) is 2. The van der Waals surface area contributed by atoms with E-state index in [9.17, 15) is 4.79 Å². The molecule has 2 N–H and O–H groups in total. The van der Waals surface area contributed by atoms with Crippen molar-refractivity contribution in [1.82, 2.24) is 15.3 Å². The first-order chi connectivity index (χ1) is 9.69. The Morgan fingerprint density at radius 2 is 2.35 bits per heavy atom. The second-order valence-corrected chi connectivity index (χ2v) is 5.09. The van der Waals surface area contributed by atoms with Crippen LogP contribution in [0.5, 0.6) is 0 Å². The van der Waals surface area contributed by atoms with Crippen molar-refractivity contribution in [3.8, 4) is 0 Å². The lowest BCUT2D eigenvalue weighted by Gasteiger charge is -2.27. The highest BCUT2D eigenvalue weighted by atomic mass is 16.5. The van der Waals surface area contributed by atoms with Gasteiger partial charge in [-0.2, -0.15) is 0 Å². The largest absolute Gasteiger partial charge is 0.378 e. The number of anilines is 1.